The van der Waals surface area contributed by atoms with Crippen molar-refractivity contribution in [2.45, 2.75) is 38.7 Å². The van der Waals surface area contributed by atoms with Crippen molar-refractivity contribution in [3.63, 3.8) is 0 Å². The number of methoxy groups -OCH3 is 1. The van der Waals surface area contributed by atoms with E-state index in [-0.39, 0.29) is 17.6 Å². The lowest BCUT2D eigenvalue weighted by Crippen LogP contribution is -2.24. The van der Waals surface area contributed by atoms with Gasteiger partial charge in [0.15, 0.2) is 0 Å². The lowest BCUT2D eigenvalue weighted by atomic mass is 9.83. The van der Waals surface area contributed by atoms with E-state index in [1.807, 2.05) is 39.8 Å². The highest BCUT2D eigenvalue weighted by Crippen LogP contribution is 2.29. The largest absolute Gasteiger partial charge is 0.395 e. The van der Waals surface area contributed by atoms with Crippen molar-refractivity contribution in [3.8, 4) is 0 Å². The molecule has 16 heavy (non-hydrogen) atoms. The van der Waals surface area contributed by atoms with Crippen LogP contribution >= 0.6 is 0 Å². The molecule has 1 aromatic rings. The Labute approximate surface area is 98.3 Å². The molecule has 0 amide bonds. The number of aliphatic hydroxyl groups is 1. The first-order valence-corrected chi connectivity index (χ1v) is 5.60. The Bertz CT molecular complexity index is 322. The van der Waals surface area contributed by atoms with E-state index in [0.717, 1.165) is 11.1 Å². The molecule has 0 atom stereocenters. The summed E-state index contributed by atoms with van der Waals surface area (Å²) in [5.41, 5.74) is 1.77. The maximum Gasteiger partial charge on any atom is 0.0871 e. The fourth-order valence-electron chi connectivity index (χ4n) is 1.52. The third-order valence-corrected chi connectivity index (χ3v) is 3.24. The summed E-state index contributed by atoms with van der Waals surface area (Å²) in [6.45, 7) is 8.29. The van der Waals surface area contributed by atoms with Gasteiger partial charge in [0.05, 0.1) is 12.2 Å². The van der Waals surface area contributed by atoms with E-state index in [4.69, 9.17) is 4.74 Å². The van der Waals surface area contributed by atoms with Gasteiger partial charge < -0.3 is 9.84 Å². The summed E-state index contributed by atoms with van der Waals surface area (Å²) in [6.07, 6.45) is 0. The molecule has 0 radical (unpaired) electrons. The Hall–Kier alpha value is -0.860. The monoisotopic (exact) mass is 222 g/mol. The summed E-state index contributed by atoms with van der Waals surface area (Å²) in [4.78, 5) is 0. The van der Waals surface area contributed by atoms with E-state index in [1.165, 1.54) is 0 Å². The van der Waals surface area contributed by atoms with Crippen LogP contribution in [-0.2, 0) is 15.8 Å². The highest BCUT2D eigenvalue weighted by Gasteiger charge is 2.24. The van der Waals surface area contributed by atoms with Crippen LogP contribution in [0.5, 0.6) is 0 Å². The van der Waals surface area contributed by atoms with Crippen molar-refractivity contribution >= 4 is 0 Å². The second kappa shape index (κ2) is 4.56. The second-order valence-corrected chi connectivity index (χ2v) is 5.34. The first-order chi connectivity index (χ1) is 7.33. The van der Waals surface area contributed by atoms with Gasteiger partial charge in [-0.2, -0.15) is 0 Å². The molecule has 1 rings (SSSR count). The molecule has 2 heteroatoms. The molecule has 2 nitrogen and oxygen atoms in total. The number of ether oxygens (including phenoxy) is 1. The van der Waals surface area contributed by atoms with Crippen LogP contribution in [0.2, 0.25) is 0 Å². The van der Waals surface area contributed by atoms with Gasteiger partial charge in [-0.15, -0.1) is 0 Å². The Morgan fingerprint density at radius 2 is 1.69 bits per heavy atom. The molecule has 1 aromatic carbocycles. The first-order valence-electron chi connectivity index (χ1n) is 5.60. The second-order valence-electron chi connectivity index (χ2n) is 5.34. The molecule has 0 aromatic heterocycles. The maximum absolute atomic E-state index is 9.37. The predicted octanol–water partition coefficient (Wildman–Crippen LogP) is 2.84. The molecule has 0 aliphatic carbocycles. The Balaban J connectivity index is 3.14. The van der Waals surface area contributed by atoms with E-state index >= 15 is 0 Å². The zero-order chi connectivity index (χ0) is 12.4. The summed E-state index contributed by atoms with van der Waals surface area (Å²) in [5, 5.41) is 9.37. The van der Waals surface area contributed by atoms with Crippen molar-refractivity contribution < 1.29 is 9.84 Å². The summed E-state index contributed by atoms with van der Waals surface area (Å²) in [6, 6.07) is 8.23. The predicted molar refractivity (Wildman–Crippen MR) is 66.6 cm³/mol. The SMILES string of the molecule is COC(C)(C)c1cccc(C(C)(C)CO)c1. The van der Waals surface area contributed by atoms with Crippen LogP contribution in [-0.4, -0.2) is 18.8 Å². The van der Waals surface area contributed by atoms with Crippen molar-refractivity contribution in [2.24, 2.45) is 0 Å². The third-order valence-electron chi connectivity index (χ3n) is 3.24. The number of hydrogen-bond donors (Lipinski definition) is 1. The summed E-state index contributed by atoms with van der Waals surface area (Å²) < 4.78 is 5.46. The minimum Gasteiger partial charge on any atom is -0.395 e. The quantitative estimate of drug-likeness (QED) is 0.849. The fraction of sp³-hybridized carbons (Fsp3) is 0.571. The zero-order valence-electron chi connectivity index (χ0n) is 10.9. The molecule has 0 unspecified atom stereocenters. The van der Waals surface area contributed by atoms with Crippen LogP contribution in [0.1, 0.15) is 38.8 Å². The minimum absolute atomic E-state index is 0.143. The molecule has 0 spiro atoms. The third kappa shape index (κ3) is 2.63. The van der Waals surface area contributed by atoms with Gasteiger partial charge in [0.1, 0.15) is 0 Å². The molecule has 0 aliphatic heterocycles. The summed E-state index contributed by atoms with van der Waals surface area (Å²) in [5.74, 6) is 0. The zero-order valence-corrected chi connectivity index (χ0v) is 10.9. The molecule has 0 heterocycles. The Kier molecular flexibility index (Phi) is 3.76. The van der Waals surface area contributed by atoms with Crippen molar-refractivity contribution in [1.29, 1.82) is 0 Å². The lowest BCUT2D eigenvalue weighted by molar-refractivity contribution is 0.0190. The lowest BCUT2D eigenvalue weighted by Gasteiger charge is -2.27. The van der Waals surface area contributed by atoms with E-state index in [1.54, 1.807) is 7.11 Å². The van der Waals surface area contributed by atoms with Crippen LogP contribution in [0.4, 0.5) is 0 Å². The van der Waals surface area contributed by atoms with Gasteiger partial charge >= 0.3 is 0 Å². The molecule has 0 bridgehead atoms. The minimum atomic E-state index is -0.290. The van der Waals surface area contributed by atoms with Gasteiger partial charge in [-0.1, -0.05) is 38.1 Å². The molecule has 0 fully saturated rings. The normalized spacial score (nSPS) is 12.9. The molecular formula is C14H22O2. The van der Waals surface area contributed by atoms with Gasteiger partial charge in [-0.05, 0) is 25.0 Å². The number of hydrogen-bond acceptors (Lipinski definition) is 2. The van der Waals surface area contributed by atoms with Gasteiger partial charge in [0.2, 0.25) is 0 Å². The molecule has 0 saturated heterocycles. The average molecular weight is 222 g/mol. The maximum atomic E-state index is 9.37. The fourth-order valence-corrected chi connectivity index (χ4v) is 1.52. The van der Waals surface area contributed by atoms with E-state index in [9.17, 15) is 5.11 Å². The Morgan fingerprint density at radius 3 is 2.19 bits per heavy atom. The van der Waals surface area contributed by atoms with E-state index < -0.39 is 0 Å². The van der Waals surface area contributed by atoms with Crippen LogP contribution in [0.3, 0.4) is 0 Å². The summed E-state index contributed by atoms with van der Waals surface area (Å²) >= 11 is 0. The van der Waals surface area contributed by atoms with Crippen molar-refractivity contribution in [1.82, 2.24) is 0 Å². The number of benzene rings is 1. The van der Waals surface area contributed by atoms with E-state index in [2.05, 4.69) is 12.1 Å². The van der Waals surface area contributed by atoms with Crippen LogP contribution in [0.25, 0.3) is 0 Å². The van der Waals surface area contributed by atoms with Crippen LogP contribution in [0.15, 0.2) is 24.3 Å². The smallest absolute Gasteiger partial charge is 0.0871 e. The van der Waals surface area contributed by atoms with Gasteiger partial charge in [-0.3, -0.25) is 0 Å². The molecular weight excluding hydrogens is 200 g/mol. The van der Waals surface area contributed by atoms with E-state index in [0.29, 0.717) is 0 Å². The average Bonchev–Trinajstić information content (AvgIpc) is 2.29. The van der Waals surface area contributed by atoms with Crippen LogP contribution < -0.4 is 0 Å². The highest BCUT2D eigenvalue weighted by molar-refractivity contribution is 5.32. The van der Waals surface area contributed by atoms with Crippen molar-refractivity contribution in [3.05, 3.63) is 35.4 Å². The molecule has 0 saturated carbocycles. The Morgan fingerprint density at radius 1 is 1.12 bits per heavy atom. The van der Waals surface area contributed by atoms with Gasteiger partial charge in [0.25, 0.3) is 0 Å². The molecule has 1 N–H and O–H groups in total. The first kappa shape index (κ1) is 13.2. The van der Waals surface area contributed by atoms with Gasteiger partial charge in [0, 0.05) is 12.5 Å². The highest BCUT2D eigenvalue weighted by atomic mass is 16.5. The van der Waals surface area contributed by atoms with Gasteiger partial charge in [-0.25, -0.2) is 0 Å². The van der Waals surface area contributed by atoms with Crippen LogP contribution in [0, 0.1) is 0 Å². The molecule has 90 valence electrons. The standard InChI is InChI=1S/C14H22O2/c1-13(2,10-15)11-7-6-8-12(9-11)14(3,4)16-5/h6-9,15H,10H2,1-5H3. The molecule has 0 aliphatic rings. The number of aliphatic hydroxyl groups excluding tert-OH is 1. The van der Waals surface area contributed by atoms with Crippen molar-refractivity contribution in [2.75, 3.05) is 13.7 Å². The summed E-state index contributed by atoms with van der Waals surface area (Å²) in [7, 11) is 1.71. The number of rotatable bonds is 4. The topological polar surface area (TPSA) is 29.5 Å².